The quantitative estimate of drug-likeness (QED) is 0.471. The second kappa shape index (κ2) is 16.2. The lowest BCUT2D eigenvalue weighted by atomic mass is 10.3. The molecule has 0 atom stereocenters. The van der Waals surface area contributed by atoms with Crippen LogP contribution in [0.25, 0.3) is 0 Å². The summed E-state index contributed by atoms with van der Waals surface area (Å²) in [4.78, 5) is 12.3. The molecule has 0 saturated heterocycles. The molecule has 0 unspecified atom stereocenters. The van der Waals surface area contributed by atoms with Crippen molar-refractivity contribution < 1.29 is 9.53 Å². The molecule has 0 aromatic carbocycles. The Morgan fingerprint density at radius 2 is 1.89 bits per heavy atom. The molecule has 0 aromatic rings. The van der Waals surface area contributed by atoms with Gasteiger partial charge in [-0.25, -0.2) is 0 Å². The number of thioether (sulfide) groups is 1. The molecule has 0 N–H and O–H groups in total. The van der Waals surface area contributed by atoms with Gasteiger partial charge in [-0.3, -0.25) is 4.79 Å². The normalized spacial score (nSPS) is 10.3. The maximum absolute atomic E-state index is 11.4. The van der Waals surface area contributed by atoms with Gasteiger partial charge in [-0.1, -0.05) is 57.3 Å². The van der Waals surface area contributed by atoms with E-state index >= 15 is 0 Å². The zero-order valence-electron chi connectivity index (χ0n) is 11.9. The van der Waals surface area contributed by atoms with Crippen LogP contribution in [0.4, 0.5) is 0 Å². The Bertz CT molecular complexity index is 257. The molecule has 0 aliphatic carbocycles. The summed E-state index contributed by atoms with van der Waals surface area (Å²) in [5, 5.41) is 0.141. The minimum Gasteiger partial charge on any atom is -0.382 e. The largest absolute Gasteiger partial charge is 0.382 e. The van der Waals surface area contributed by atoms with Crippen LogP contribution in [-0.2, 0) is 9.53 Å². The Kier molecular flexibility index (Phi) is 17.6. The van der Waals surface area contributed by atoms with E-state index in [9.17, 15) is 4.79 Å². The van der Waals surface area contributed by atoms with Crippen LogP contribution in [0.15, 0.2) is 36.3 Å². The first-order valence-electron chi connectivity index (χ1n) is 6.39. The first-order valence-corrected chi connectivity index (χ1v) is 7.21. The highest BCUT2D eigenvalue weighted by atomic mass is 32.2. The van der Waals surface area contributed by atoms with Crippen LogP contribution in [0.1, 0.15) is 40.0 Å². The zero-order valence-corrected chi connectivity index (χ0v) is 12.7. The molecular weight excluding hydrogens is 244 g/mol. The number of hydrogen-bond donors (Lipinski definition) is 0. The molecule has 0 fully saturated rings. The van der Waals surface area contributed by atoms with Crippen molar-refractivity contribution in [3.05, 3.63) is 36.3 Å². The average Bonchev–Trinajstić information content (AvgIpc) is 2.35. The number of carbonyl (C=O) groups is 1. The SMILES string of the molecule is C=C/C=C(\C=C)SC(=O)CCCOCC.CCC. The molecule has 0 saturated carbocycles. The Morgan fingerprint density at radius 1 is 1.28 bits per heavy atom. The van der Waals surface area contributed by atoms with Crippen molar-refractivity contribution in [1.29, 1.82) is 0 Å². The van der Waals surface area contributed by atoms with Gasteiger partial charge >= 0.3 is 0 Å². The van der Waals surface area contributed by atoms with Gasteiger partial charge in [0.2, 0.25) is 0 Å². The molecule has 18 heavy (non-hydrogen) atoms. The summed E-state index contributed by atoms with van der Waals surface area (Å²) in [7, 11) is 0. The molecule has 2 nitrogen and oxygen atoms in total. The summed E-state index contributed by atoms with van der Waals surface area (Å²) in [5.41, 5.74) is 0. The lowest BCUT2D eigenvalue weighted by Crippen LogP contribution is -1.98. The first-order chi connectivity index (χ1) is 8.65. The Labute approximate surface area is 116 Å². The van der Waals surface area contributed by atoms with Crippen molar-refractivity contribution in [2.24, 2.45) is 0 Å². The van der Waals surface area contributed by atoms with Gasteiger partial charge in [-0.05, 0) is 19.4 Å². The number of rotatable bonds is 8. The molecular formula is C15H26O2S. The molecule has 104 valence electrons. The highest BCUT2D eigenvalue weighted by Gasteiger charge is 2.04. The second-order valence-electron chi connectivity index (χ2n) is 3.49. The van der Waals surface area contributed by atoms with E-state index in [0.717, 1.165) is 11.3 Å². The van der Waals surface area contributed by atoms with E-state index in [4.69, 9.17) is 4.74 Å². The minimum atomic E-state index is 0.141. The zero-order chi connectivity index (χ0) is 14.2. The summed E-state index contributed by atoms with van der Waals surface area (Å²) in [5.74, 6) is 0. The van der Waals surface area contributed by atoms with Gasteiger partial charge in [-0.15, -0.1) is 0 Å². The van der Waals surface area contributed by atoms with Gasteiger partial charge in [0.15, 0.2) is 5.12 Å². The van der Waals surface area contributed by atoms with Crippen molar-refractivity contribution in [3.63, 3.8) is 0 Å². The van der Waals surface area contributed by atoms with Crippen LogP contribution in [-0.4, -0.2) is 18.3 Å². The average molecular weight is 270 g/mol. The van der Waals surface area contributed by atoms with Gasteiger partial charge in [0.25, 0.3) is 0 Å². The summed E-state index contributed by atoms with van der Waals surface area (Å²) in [6.07, 6.45) is 7.65. The summed E-state index contributed by atoms with van der Waals surface area (Å²) < 4.78 is 5.15. The van der Waals surface area contributed by atoms with Gasteiger partial charge in [0.1, 0.15) is 0 Å². The minimum absolute atomic E-state index is 0.141. The maximum Gasteiger partial charge on any atom is 0.193 e. The predicted octanol–water partition coefficient (Wildman–Crippen LogP) is 4.74. The molecule has 0 spiro atoms. The van der Waals surface area contributed by atoms with E-state index in [1.165, 1.54) is 18.2 Å². The molecule has 0 amide bonds. The second-order valence-corrected chi connectivity index (χ2v) is 4.62. The van der Waals surface area contributed by atoms with Gasteiger partial charge in [0, 0.05) is 24.5 Å². The first kappa shape index (κ1) is 19.5. The molecule has 0 aromatic heterocycles. The van der Waals surface area contributed by atoms with Crippen molar-refractivity contribution in [1.82, 2.24) is 0 Å². The van der Waals surface area contributed by atoms with Crippen molar-refractivity contribution in [3.8, 4) is 0 Å². The lowest BCUT2D eigenvalue weighted by Gasteiger charge is -2.01. The van der Waals surface area contributed by atoms with E-state index in [-0.39, 0.29) is 5.12 Å². The van der Waals surface area contributed by atoms with Crippen LogP contribution < -0.4 is 0 Å². The summed E-state index contributed by atoms with van der Waals surface area (Å²) >= 11 is 1.20. The molecule has 0 aliphatic rings. The molecule has 3 heteroatoms. The third-order valence-electron chi connectivity index (χ3n) is 1.59. The number of allylic oxidation sites excluding steroid dienone is 3. The fourth-order valence-corrected chi connectivity index (χ4v) is 1.66. The number of hydrogen-bond acceptors (Lipinski definition) is 3. The fraction of sp³-hybridized carbons (Fsp3) is 0.533. The predicted molar refractivity (Wildman–Crippen MR) is 82.8 cm³/mol. The third-order valence-corrected chi connectivity index (χ3v) is 2.56. The van der Waals surface area contributed by atoms with Crippen LogP contribution in [0.3, 0.4) is 0 Å². The Morgan fingerprint density at radius 3 is 2.33 bits per heavy atom. The van der Waals surface area contributed by atoms with Crippen molar-refractivity contribution >= 4 is 16.9 Å². The van der Waals surface area contributed by atoms with Crippen molar-refractivity contribution in [2.45, 2.75) is 40.0 Å². The van der Waals surface area contributed by atoms with E-state index in [0.29, 0.717) is 19.6 Å². The van der Waals surface area contributed by atoms with Crippen LogP contribution in [0.5, 0.6) is 0 Å². The van der Waals surface area contributed by atoms with Crippen LogP contribution >= 0.6 is 11.8 Å². The highest BCUT2D eigenvalue weighted by molar-refractivity contribution is 8.17. The van der Waals surface area contributed by atoms with E-state index in [1.807, 2.05) is 6.92 Å². The Balaban J connectivity index is 0. The third kappa shape index (κ3) is 15.2. The highest BCUT2D eigenvalue weighted by Crippen LogP contribution is 2.19. The number of ether oxygens (including phenoxy) is 1. The smallest absolute Gasteiger partial charge is 0.193 e. The summed E-state index contributed by atoms with van der Waals surface area (Å²) in [6.45, 7) is 14.7. The van der Waals surface area contributed by atoms with Crippen LogP contribution in [0, 0.1) is 0 Å². The Hall–Kier alpha value is -0.800. The van der Waals surface area contributed by atoms with Gasteiger partial charge < -0.3 is 4.74 Å². The van der Waals surface area contributed by atoms with E-state index in [1.54, 1.807) is 18.2 Å². The van der Waals surface area contributed by atoms with E-state index < -0.39 is 0 Å². The maximum atomic E-state index is 11.4. The molecule has 0 heterocycles. The molecule has 0 aliphatic heterocycles. The van der Waals surface area contributed by atoms with Gasteiger partial charge in [-0.2, -0.15) is 0 Å². The fourth-order valence-electron chi connectivity index (χ4n) is 0.905. The number of carbonyl (C=O) groups excluding carboxylic acids is 1. The van der Waals surface area contributed by atoms with Gasteiger partial charge in [0.05, 0.1) is 0 Å². The molecule has 0 radical (unpaired) electrons. The topological polar surface area (TPSA) is 26.3 Å². The van der Waals surface area contributed by atoms with E-state index in [2.05, 4.69) is 27.0 Å². The summed E-state index contributed by atoms with van der Waals surface area (Å²) in [6, 6.07) is 0. The monoisotopic (exact) mass is 270 g/mol. The standard InChI is InChI=1S/C12H18O2S.C3H8/c1-4-8-11(5-2)15-12(13)9-7-10-14-6-3;1-3-2/h4-5,8H,1-2,6-7,9-10H2,3H3;3H2,1-2H3/b11-8+;. The lowest BCUT2D eigenvalue weighted by molar-refractivity contribution is -0.111. The molecule has 0 rings (SSSR count). The van der Waals surface area contributed by atoms with Crippen molar-refractivity contribution in [2.75, 3.05) is 13.2 Å². The molecule has 0 bridgehead atoms. The van der Waals surface area contributed by atoms with Crippen LogP contribution in [0.2, 0.25) is 0 Å².